The van der Waals surface area contributed by atoms with Gasteiger partial charge in [-0.15, -0.1) is 0 Å². The van der Waals surface area contributed by atoms with Gasteiger partial charge in [0.1, 0.15) is 5.92 Å². The lowest BCUT2D eigenvalue weighted by atomic mass is 9.80. The van der Waals surface area contributed by atoms with Crippen molar-refractivity contribution in [2.24, 2.45) is 16.7 Å². The fraction of sp³-hybridized carbons (Fsp3) is 0.833. The van der Waals surface area contributed by atoms with Gasteiger partial charge in [-0.05, 0) is 10.8 Å². The van der Waals surface area contributed by atoms with E-state index < -0.39 is 23.2 Å². The van der Waals surface area contributed by atoms with E-state index >= 15 is 0 Å². The summed E-state index contributed by atoms with van der Waals surface area (Å²) in [6.45, 7) is 11.7. The Labute approximate surface area is 97.4 Å². The van der Waals surface area contributed by atoms with E-state index in [-0.39, 0.29) is 5.41 Å². The summed E-state index contributed by atoms with van der Waals surface area (Å²) in [7, 11) is 0. The Hall–Kier alpha value is -1.06. The number of nitrogens with one attached hydrogen (secondary N) is 1. The van der Waals surface area contributed by atoms with Crippen LogP contribution in [-0.2, 0) is 9.59 Å². The minimum Gasteiger partial charge on any atom is -0.481 e. The average molecular weight is 229 g/mol. The van der Waals surface area contributed by atoms with Gasteiger partial charge in [-0.3, -0.25) is 9.59 Å². The van der Waals surface area contributed by atoms with Gasteiger partial charge in [0.2, 0.25) is 5.91 Å². The maximum atomic E-state index is 11.8. The molecule has 0 aromatic heterocycles. The monoisotopic (exact) mass is 229 g/mol. The molecule has 0 bridgehead atoms. The molecule has 94 valence electrons. The molecule has 1 amide bonds. The van der Waals surface area contributed by atoms with Gasteiger partial charge in [0.15, 0.2) is 0 Å². The third-order valence-corrected chi connectivity index (χ3v) is 2.17. The van der Waals surface area contributed by atoms with Crippen LogP contribution in [0.2, 0.25) is 0 Å². The Morgan fingerprint density at radius 1 is 1.12 bits per heavy atom. The molecule has 0 fully saturated rings. The molecule has 0 aliphatic rings. The lowest BCUT2D eigenvalue weighted by Gasteiger charge is -2.27. The fourth-order valence-corrected chi connectivity index (χ4v) is 1.33. The number of amides is 1. The number of aliphatic carboxylic acids is 1. The van der Waals surface area contributed by atoms with Gasteiger partial charge in [0.25, 0.3) is 0 Å². The molecule has 16 heavy (non-hydrogen) atoms. The number of hydrogen-bond acceptors (Lipinski definition) is 2. The van der Waals surface area contributed by atoms with E-state index in [0.717, 1.165) is 0 Å². The van der Waals surface area contributed by atoms with Crippen molar-refractivity contribution in [3.8, 4) is 0 Å². The Morgan fingerprint density at radius 3 is 1.81 bits per heavy atom. The molecular weight excluding hydrogens is 206 g/mol. The Kier molecular flexibility index (Phi) is 4.53. The van der Waals surface area contributed by atoms with Crippen molar-refractivity contribution >= 4 is 11.9 Å². The van der Waals surface area contributed by atoms with Gasteiger partial charge in [-0.1, -0.05) is 41.5 Å². The van der Waals surface area contributed by atoms with Crippen molar-refractivity contribution < 1.29 is 14.7 Å². The van der Waals surface area contributed by atoms with Gasteiger partial charge >= 0.3 is 5.97 Å². The van der Waals surface area contributed by atoms with Crippen molar-refractivity contribution in [1.29, 1.82) is 0 Å². The van der Waals surface area contributed by atoms with E-state index in [1.54, 1.807) is 20.8 Å². The van der Waals surface area contributed by atoms with Crippen LogP contribution in [0.25, 0.3) is 0 Å². The van der Waals surface area contributed by atoms with Crippen LogP contribution in [0.15, 0.2) is 0 Å². The maximum absolute atomic E-state index is 11.8. The Bertz CT molecular complexity index is 271. The number of rotatable bonds is 3. The molecule has 0 radical (unpaired) electrons. The molecule has 0 spiro atoms. The smallest absolute Gasteiger partial charge is 0.316 e. The van der Waals surface area contributed by atoms with E-state index in [1.807, 2.05) is 20.8 Å². The van der Waals surface area contributed by atoms with Crippen molar-refractivity contribution in [3.05, 3.63) is 0 Å². The van der Waals surface area contributed by atoms with E-state index in [9.17, 15) is 9.59 Å². The van der Waals surface area contributed by atoms with Gasteiger partial charge in [-0.25, -0.2) is 0 Å². The molecule has 2 N–H and O–H groups in total. The molecule has 0 heterocycles. The van der Waals surface area contributed by atoms with Crippen LogP contribution in [-0.4, -0.2) is 23.5 Å². The molecule has 4 heteroatoms. The summed E-state index contributed by atoms with van der Waals surface area (Å²) in [6, 6.07) is 0. The average Bonchev–Trinajstić information content (AvgIpc) is 1.95. The van der Waals surface area contributed by atoms with Gasteiger partial charge < -0.3 is 10.4 Å². The molecule has 4 nitrogen and oxygen atoms in total. The summed E-state index contributed by atoms with van der Waals surface area (Å²) in [5.74, 6) is -2.48. The predicted molar refractivity (Wildman–Crippen MR) is 63.0 cm³/mol. The van der Waals surface area contributed by atoms with Crippen LogP contribution >= 0.6 is 0 Å². The summed E-state index contributed by atoms with van der Waals surface area (Å²) >= 11 is 0. The highest BCUT2D eigenvalue weighted by Gasteiger charge is 2.37. The highest BCUT2D eigenvalue weighted by atomic mass is 16.4. The highest BCUT2D eigenvalue weighted by Crippen LogP contribution is 2.26. The molecule has 0 saturated carbocycles. The number of carboxylic acid groups (broad SMARTS) is 1. The SMILES string of the molecule is CC(C)(C)CNC(=O)C(C(=O)O)C(C)(C)C. The van der Waals surface area contributed by atoms with Crippen LogP contribution < -0.4 is 5.32 Å². The first kappa shape index (κ1) is 14.9. The van der Waals surface area contributed by atoms with Gasteiger partial charge in [0.05, 0.1) is 0 Å². The zero-order valence-electron chi connectivity index (χ0n) is 11.0. The topological polar surface area (TPSA) is 66.4 Å². The van der Waals surface area contributed by atoms with Gasteiger partial charge in [-0.2, -0.15) is 0 Å². The first-order chi connectivity index (χ1) is 6.95. The number of hydrogen-bond donors (Lipinski definition) is 2. The predicted octanol–water partition coefficient (Wildman–Crippen LogP) is 1.90. The van der Waals surface area contributed by atoms with E-state index in [4.69, 9.17) is 5.11 Å². The van der Waals surface area contributed by atoms with E-state index in [1.165, 1.54) is 0 Å². The maximum Gasteiger partial charge on any atom is 0.316 e. The summed E-state index contributed by atoms with van der Waals surface area (Å²) < 4.78 is 0. The summed E-state index contributed by atoms with van der Waals surface area (Å²) in [4.78, 5) is 22.8. The van der Waals surface area contributed by atoms with Crippen molar-refractivity contribution in [2.75, 3.05) is 6.54 Å². The van der Waals surface area contributed by atoms with Crippen LogP contribution in [0.5, 0.6) is 0 Å². The van der Waals surface area contributed by atoms with Crippen molar-refractivity contribution in [3.63, 3.8) is 0 Å². The lowest BCUT2D eigenvalue weighted by Crippen LogP contribution is -2.45. The molecular formula is C12H23NO3. The standard InChI is InChI=1S/C12H23NO3/c1-11(2,3)7-13-9(14)8(10(15)16)12(4,5)6/h8H,7H2,1-6H3,(H,13,14)(H,15,16). The normalized spacial score (nSPS) is 14.4. The fourth-order valence-electron chi connectivity index (χ4n) is 1.33. The quantitative estimate of drug-likeness (QED) is 0.726. The Morgan fingerprint density at radius 2 is 1.56 bits per heavy atom. The number of carbonyl (C=O) groups excluding carboxylic acids is 1. The lowest BCUT2D eigenvalue weighted by molar-refractivity contribution is -0.151. The zero-order valence-corrected chi connectivity index (χ0v) is 11.0. The zero-order chi connectivity index (χ0) is 13.1. The van der Waals surface area contributed by atoms with Gasteiger partial charge in [0, 0.05) is 6.54 Å². The number of carbonyl (C=O) groups is 2. The van der Waals surface area contributed by atoms with Crippen LogP contribution in [0, 0.1) is 16.7 Å². The first-order valence-electron chi connectivity index (χ1n) is 5.45. The minimum atomic E-state index is -1.07. The molecule has 0 aromatic carbocycles. The molecule has 0 aliphatic heterocycles. The second-order valence-electron chi connectivity index (χ2n) is 6.42. The second-order valence-corrected chi connectivity index (χ2v) is 6.42. The largest absolute Gasteiger partial charge is 0.481 e. The molecule has 0 rings (SSSR count). The first-order valence-corrected chi connectivity index (χ1v) is 5.45. The van der Waals surface area contributed by atoms with E-state index in [2.05, 4.69) is 5.32 Å². The van der Waals surface area contributed by atoms with Crippen LogP contribution in [0.4, 0.5) is 0 Å². The summed E-state index contributed by atoms with van der Waals surface area (Å²) in [5.41, 5.74) is -0.621. The Balaban J connectivity index is 4.61. The van der Waals surface area contributed by atoms with Crippen LogP contribution in [0.3, 0.4) is 0 Å². The highest BCUT2D eigenvalue weighted by molar-refractivity contribution is 5.97. The molecule has 0 aromatic rings. The van der Waals surface area contributed by atoms with E-state index in [0.29, 0.717) is 6.54 Å². The number of carboxylic acids is 1. The summed E-state index contributed by atoms with van der Waals surface area (Å²) in [5, 5.41) is 11.7. The van der Waals surface area contributed by atoms with Crippen molar-refractivity contribution in [2.45, 2.75) is 41.5 Å². The third-order valence-electron chi connectivity index (χ3n) is 2.17. The van der Waals surface area contributed by atoms with Crippen molar-refractivity contribution in [1.82, 2.24) is 5.32 Å². The molecule has 1 unspecified atom stereocenters. The summed E-state index contributed by atoms with van der Waals surface area (Å²) in [6.07, 6.45) is 0. The van der Waals surface area contributed by atoms with Crippen LogP contribution in [0.1, 0.15) is 41.5 Å². The minimum absolute atomic E-state index is 0.0450. The third kappa shape index (κ3) is 5.14. The second kappa shape index (κ2) is 4.85. The molecule has 1 atom stereocenters. The molecule has 0 saturated heterocycles. The molecule has 0 aliphatic carbocycles.